The van der Waals surface area contributed by atoms with E-state index in [1.54, 1.807) is 22.2 Å². The van der Waals surface area contributed by atoms with Crippen LogP contribution in [0.3, 0.4) is 0 Å². The van der Waals surface area contributed by atoms with Gasteiger partial charge in [-0.1, -0.05) is 12.1 Å². The van der Waals surface area contributed by atoms with Gasteiger partial charge >= 0.3 is 0 Å². The summed E-state index contributed by atoms with van der Waals surface area (Å²) in [7, 11) is 0. The van der Waals surface area contributed by atoms with Crippen molar-refractivity contribution in [2.24, 2.45) is 0 Å². The largest absolute Gasteiger partial charge is 0.349 e. The summed E-state index contributed by atoms with van der Waals surface area (Å²) in [6, 6.07) is 6.10. The highest BCUT2D eigenvalue weighted by atomic mass is 32.1. The second kappa shape index (κ2) is 8.44. The SMILES string of the molecule is Cc1nc(C(=O)NCCn2ncc3c(=O)n(Cc4cccc([N+](=O)[O-])c4)cnc32)cs1. The highest BCUT2D eigenvalue weighted by Crippen LogP contribution is 2.14. The summed E-state index contributed by atoms with van der Waals surface area (Å²) in [5.41, 5.74) is 1.05. The number of nitro groups is 1. The van der Waals surface area contributed by atoms with Gasteiger partial charge < -0.3 is 5.32 Å². The number of carbonyl (C=O) groups is 1. The van der Waals surface area contributed by atoms with E-state index < -0.39 is 4.92 Å². The number of non-ortho nitro benzene ring substituents is 1. The maximum absolute atomic E-state index is 12.8. The van der Waals surface area contributed by atoms with Crippen molar-refractivity contribution in [3.63, 3.8) is 0 Å². The maximum Gasteiger partial charge on any atom is 0.270 e. The Hall–Kier alpha value is -3.93. The molecule has 1 amide bonds. The number of hydrogen-bond donors (Lipinski definition) is 1. The van der Waals surface area contributed by atoms with Crippen LogP contribution in [0.4, 0.5) is 5.69 Å². The number of aryl methyl sites for hydroxylation is 1. The summed E-state index contributed by atoms with van der Waals surface area (Å²) in [6.07, 6.45) is 2.82. The molecule has 3 aromatic heterocycles. The minimum atomic E-state index is -0.480. The average molecular weight is 439 g/mol. The van der Waals surface area contributed by atoms with Crippen molar-refractivity contribution in [3.8, 4) is 0 Å². The Kier molecular flexibility index (Phi) is 5.54. The third kappa shape index (κ3) is 4.33. The van der Waals surface area contributed by atoms with Gasteiger partial charge in [0.2, 0.25) is 0 Å². The van der Waals surface area contributed by atoms with Crippen molar-refractivity contribution in [2.75, 3.05) is 6.54 Å². The summed E-state index contributed by atoms with van der Waals surface area (Å²) in [5, 5.41) is 20.7. The Labute approximate surface area is 179 Å². The molecule has 11 nitrogen and oxygen atoms in total. The molecule has 1 N–H and O–H groups in total. The highest BCUT2D eigenvalue weighted by molar-refractivity contribution is 7.09. The van der Waals surface area contributed by atoms with E-state index >= 15 is 0 Å². The third-order valence-corrected chi connectivity index (χ3v) is 5.33. The zero-order valence-electron chi connectivity index (χ0n) is 16.4. The number of thiazole rings is 1. The van der Waals surface area contributed by atoms with Gasteiger partial charge in [0.05, 0.1) is 29.2 Å². The van der Waals surface area contributed by atoms with Crippen molar-refractivity contribution in [1.82, 2.24) is 29.6 Å². The van der Waals surface area contributed by atoms with Crippen molar-refractivity contribution in [3.05, 3.63) is 78.9 Å². The number of hydrogen-bond acceptors (Lipinski definition) is 8. The number of nitro benzene ring substituents is 1. The molecule has 0 saturated carbocycles. The first-order valence-corrected chi connectivity index (χ1v) is 10.1. The Morgan fingerprint density at radius 2 is 2.19 bits per heavy atom. The normalized spacial score (nSPS) is 11.0. The Morgan fingerprint density at radius 3 is 2.94 bits per heavy atom. The lowest BCUT2D eigenvalue weighted by atomic mass is 10.2. The van der Waals surface area contributed by atoms with Crippen LogP contribution in [0.2, 0.25) is 0 Å². The lowest BCUT2D eigenvalue weighted by Crippen LogP contribution is -2.28. The number of rotatable bonds is 7. The van der Waals surface area contributed by atoms with Crippen LogP contribution in [-0.4, -0.2) is 41.7 Å². The smallest absolute Gasteiger partial charge is 0.270 e. The van der Waals surface area contributed by atoms with Crippen LogP contribution in [0.25, 0.3) is 11.0 Å². The van der Waals surface area contributed by atoms with Gasteiger partial charge in [0.15, 0.2) is 5.65 Å². The van der Waals surface area contributed by atoms with Gasteiger partial charge in [-0.2, -0.15) is 5.10 Å². The summed E-state index contributed by atoms with van der Waals surface area (Å²) in [6.45, 7) is 2.61. The van der Waals surface area contributed by atoms with Gasteiger partial charge in [0, 0.05) is 24.1 Å². The molecular weight excluding hydrogens is 422 g/mol. The van der Waals surface area contributed by atoms with Crippen LogP contribution >= 0.6 is 11.3 Å². The molecule has 0 spiro atoms. The zero-order chi connectivity index (χ0) is 22.0. The van der Waals surface area contributed by atoms with E-state index in [2.05, 4.69) is 20.4 Å². The molecule has 3 heterocycles. The van der Waals surface area contributed by atoms with Gasteiger partial charge in [-0.15, -0.1) is 11.3 Å². The molecule has 0 aliphatic carbocycles. The van der Waals surface area contributed by atoms with Crippen molar-refractivity contribution >= 4 is 34.0 Å². The zero-order valence-corrected chi connectivity index (χ0v) is 17.2. The maximum atomic E-state index is 12.8. The van der Waals surface area contributed by atoms with Gasteiger partial charge in [-0.25, -0.2) is 14.6 Å². The van der Waals surface area contributed by atoms with Crippen LogP contribution in [0, 0.1) is 17.0 Å². The van der Waals surface area contributed by atoms with E-state index in [0.29, 0.717) is 35.4 Å². The molecule has 4 rings (SSSR count). The predicted octanol–water partition coefficient (Wildman–Crippen LogP) is 1.74. The molecule has 1 aromatic carbocycles. The molecule has 4 aromatic rings. The molecule has 158 valence electrons. The standard InChI is InChI=1S/C19H17N7O4S/c1-12-23-16(10-31-12)18(27)20-5-6-25-17-15(8-22-25)19(28)24(11-21-17)9-13-3-2-4-14(7-13)26(29)30/h2-4,7-8,10-11H,5-6,9H2,1H3,(H,20,27). The molecular formula is C19H17N7O4S. The van der Waals surface area contributed by atoms with E-state index in [9.17, 15) is 19.7 Å². The lowest BCUT2D eigenvalue weighted by Gasteiger charge is -2.07. The Balaban J connectivity index is 1.47. The van der Waals surface area contributed by atoms with Crippen molar-refractivity contribution in [1.29, 1.82) is 0 Å². The first-order valence-electron chi connectivity index (χ1n) is 9.27. The van der Waals surface area contributed by atoms with Crippen molar-refractivity contribution in [2.45, 2.75) is 20.0 Å². The number of aromatic nitrogens is 5. The first kappa shape index (κ1) is 20.3. The minimum absolute atomic E-state index is 0.0396. The number of fused-ring (bicyclic) bond motifs is 1. The Morgan fingerprint density at radius 1 is 1.35 bits per heavy atom. The second-order valence-corrected chi connectivity index (χ2v) is 7.78. The summed E-state index contributed by atoms with van der Waals surface area (Å²) < 4.78 is 2.92. The summed E-state index contributed by atoms with van der Waals surface area (Å²) in [5.74, 6) is -0.270. The fourth-order valence-electron chi connectivity index (χ4n) is 3.07. The van der Waals surface area contributed by atoms with E-state index in [-0.39, 0.29) is 23.7 Å². The number of amides is 1. The van der Waals surface area contributed by atoms with Crippen LogP contribution in [0.5, 0.6) is 0 Å². The molecule has 0 saturated heterocycles. The van der Waals surface area contributed by atoms with E-state index in [0.717, 1.165) is 5.01 Å². The highest BCUT2D eigenvalue weighted by Gasteiger charge is 2.13. The van der Waals surface area contributed by atoms with Gasteiger partial charge in [0.25, 0.3) is 17.2 Å². The van der Waals surface area contributed by atoms with Crippen LogP contribution in [0.1, 0.15) is 21.1 Å². The number of carbonyl (C=O) groups excluding carboxylic acids is 1. The van der Waals surface area contributed by atoms with Crippen LogP contribution in [-0.2, 0) is 13.1 Å². The molecule has 0 unspecified atom stereocenters. The van der Waals surface area contributed by atoms with E-state index in [1.807, 2.05) is 6.92 Å². The second-order valence-electron chi connectivity index (χ2n) is 6.72. The number of nitrogens with zero attached hydrogens (tertiary/aromatic N) is 6. The lowest BCUT2D eigenvalue weighted by molar-refractivity contribution is -0.384. The van der Waals surface area contributed by atoms with Crippen molar-refractivity contribution < 1.29 is 9.72 Å². The van der Waals surface area contributed by atoms with Crippen LogP contribution < -0.4 is 10.9 Å². The average Bonchev–Trinajstić information content (AvgIpc) is 3.37. The van der Waals surface area contributed by atoms with Gasteiger partial charge in [-0.3, -0.25) is 24.3 Å². The molecule has 0 bridgehead atoms. The quantitative estimate of drug-likeness (QED) is 0.342. The van der Waals surface area contributed by atoms with Crippen LogP contribution in [0.15, 0.2) is 47.0 Å². The molecule has 0 atom stereocenters. The molecule has 0 aliphatic rings. The summed E-state index contributed by atoms with van der Waals surface area (Å²) >= 11 is 1.40. The molecule has 31 heavy (non-hydrogen) atoms. The predicted molar refractivity (Wildman–Crippen MR) is 113 cm³/mol. The number of nitrogens with one attached hydrogen (secondary N) is 1. The summed E-state index contributed by atoms with van der Waals surface area (Å²) in [4.78, 5) is 43.8. The fourth-order valence-corrected chi connectivity index (χ4v) is 3.67. The minimum Gasteiger partial charge on any atom is -0.349 e. The topological polar surface area (TPSA) is 138 Å². The van der Waals surface area contributed by atoms with Gasteiger partial charge in [-0.05, 0) is 12.5 Å². The number of benzene rings is 1. The molecule has 0 aliphatic heterocycles. The monoisotopic (exact) mass is 439 g/mol. The van der Waals surface area contributed by atoms with Gasteiger partial charge in [0.1, 0.15) is 17.4 Å². The first-order chi connectivity index (χ1) is 14.9. The fraction of sp³-hybridized carbons (Fsp3) is 0.211. The molecule has 0 fully saturated rings. The van der Waals surface area contributed by atoms with E-state index in [1.165, 1.54) is 40.6 Å². The molecule has 12 heteroatoms. The molecule has 0 radical (unpaired) electrons. The van der Waals surface area contributed by atoms with E-state index in [4.69, 9.17) is 0 Å². The Bertz CT molecular complexity index is 1340. The third-order valence-electron chi connectivity index (χ3n) is 4.56.